The Hall–Kier alpha value is -1.98. The monoisotopic (exact) mass is 418 g/mol. The van der Waals surface area contributed by atoms with Crippen molar-refractivity contribution in [2.75, 3.05) is 0 Å². The Bertz CT molecular complexity index is 719. The van der Waals surface area contributed by atoms with E-state index in [1.165, 1.54) is 11.1 Å². The lowest BCUT2D eigenvalue weighted by Crippen LogP contribution is -2.21. The van der Waals surface area contributed by atoms with Gasteiger partial charge in [0.2, 0.25) is 0 Å². The van der Waals surface area contributed by atoms with E-state index in [4.69, 9.17) is 5.11 Å². The van der Waals surface area contributed by atoms with Crippen LogP contribution >= 0.6 is 0 Å². The van der Waals surface area contributed by atoms with Crippen molar-refractivity contribution in [2.24, 2.45) is 17.8 Å². The Morgan fingerprint density at radius 3 is 2.50 bits per heavy atom. The third-order valence-electron chi connectivity index (χ3n) is 6.31. The molecule has 3 rings (SSSR count). The fourth-order valence-electron chi connectivity index (χ4n) is 4.64. The van der Waals surface area contributed by atoms with E-state index in [0.717, 1.165) is 12.8 Å². The minimum absolute atomic E-state index is 0. The topological polar surface area (TPSA) is 77.8 Å². The smallest absolute Gasteiger partial charge is 0.303 e. The molecule has 1 fully saturated rings. The van der Waals surface area contributed by atoms with Crippen molar-refractivity contribution in [3.8, 4) is 0 Å². The molecular formula is C25H35FO4. The maximum Gasteiger partial charge on any atom is 0.303 e. The van der Waals surface area contributed by atoms with Gasteiger partial charge in [0.1, 0.15) is 6.17 Å². The van der Waals surface area contributed by atoms with Crippen LogP contribution in [-0.2, 0) is 17.6 Å². The Kier molecular flexibility index (Phi) is 9.25. The normalized spacial score (nSPS) is 27.4. The molecule has 2 aliphatic rings. The van der Waals surface area contributed by atoms with Gasteiger partial charge in [0, 0.05) is 18.8 Å². The number of carboxylic acid groups (broad SMARTS) is 1. The number of halogens is 1. The van der Waals surface area contributed by atoms with Gasteiger partial charge in [-0.2, -0.15) is 0 Å². The van der Waals surface area contributed by atoms with Crippen molar-refractivity contribution >= 4 is 5.97 Å². The predicted octanol–water partition coefficient (Wildman–Crippen LogP) is 4.49. The number of benzene rings is 1. The third kappa shape index (κ3) is 6.26. The summed E-state index contributed by atoms with van der Waals surface area (Å²) in [7, 11) is 0. The zero-order valence-electron chi connectivity index (χ0n) is 16.7. The number of unbranched alkanes of at least 4 members (excludes halogenated alkanes) is 1. The highest BCUT2D eigenvalue weighted by molar-refractivity contribution is 5.66. The molecule has 166 valence electrons. The number of hydrogen-bond donors (Lipinski definition) is 3. The maximum atomic E-state index is 14.5. The lowest BCUT2D eigenvalue weighted by Gasteiger charge is -2.20. The van der Waals surface area contributed by atoms with Crippen LogP contribution in [0.15, 0.2) is 48.6 Å². The molecule has 0 aliphatic heterocycles. The fraction of sp³-hybridized carbons (Fsp3) is 0.560. The number of carbonyl (C=O) groups is 1. The van der Waals surface area contributed by atoms with E-state index in [0.29, 0.717) is 19.3 Å². The Labute approximate surface area is 179 Å². The number of hydrogen-bond acceptors (Lipinski definition) is 3. The van der Waals surface area contributed by atoms with E-state index in [1.54, 1.807) is 12.2 Å². The number of carboxylic acids is 1. The molecule has 1 aromatic carbocycles. The van der Waals surface area contributed by atoms with Gasteiger partial charge < -0.3 is 15.3 Å². The first-order valence-corrected chi connectivity index (χ1v) is 10.6. The minimum Gasteiger partial charge on any atom is -0.481 e. The van der Waals surface area contributed by atoms with E-state index in [2.05, 4.69) is 12.1 Å². The van der Waals surface area contributed by atoms with Crippen molar-refractivity contribution in [3.05, 3.63) is 59.7 Å². The molecular weight excluding hydrogens is 383 g/mol. The van der Waals surface area contributed by atoms with Crippen LogP contribution in [0.4, 0.5) is 4.39 Å². The van der Waals surface area contributed by atoms with E-state index in [-0.39, 0.29) is 32.1 Å². The molecule has 5 heteroatoms. The van der Waals surface area contributed by atoms with E-state index >= 15 is 0 Å². The third-order valence-corrected chi connectivity index (χ3v) is 6.31. The average molecular weight is 419 g/mol. The number of allylic oxidation sites excluding steroid dienone is 3. The zero-order valence-corrected chi connectivity index (χ0v) is 16.7. The number of aliphatic hydroxyl groups excluding tert-OH is 2. The van der Waals surface area contributed by atoms with Gasteiger partial charge in [-0.1, -0.05) is 56.0 Å². The summed E-state index contributed by atoms with van der Waals surface area (Å²) in [6, 6.07) is 8.21. The van der Waals surface area contributed by atoms with E-state index in [1.807, 2.05) is 24.3 Å². The van der Waals surface area contributed by atoms with Crippen molar-refractivity contribution in [3.63, 3.8) is 0 Å². The maximum absolute atomic E-state index is 14.5. The first kappa shape index (κ1) is 24.3. The quantitative estimate of drug-likeness (QED) is 0.408. The molecule has 0 amide bonds. The predicted molar refractivity (Wildman–Crippen MR) is 117 cm³/mol. The summed E-state index contributed by atoms with van der Waals surface area (Å²) in [6.07, 6.45) is 8.57. The summed E-state index contributed by atoms with van der Waals surface area (Å²) in [5.41, 5.74) is 2.55. The molecule has 0 unspecified atom stereocenters. The second kappa shape index (κ2) is 11.4. The summed E-state index contributed by atoms with van der Waals surface area (Å²) in [6.45, 7) is 0. The summed E-state index contributed by atoms with van der Waals surface area (Å²) in [5, 5.41) is 29.5. The minimum atomic E-state index is -1.11. The molecule has 4 nitrogen and oxygen atoms in total. The van der Waals surface area contributed by atoms with Crippen molar-refractivity contribution in [2.45, 2.75) is 70.8 Å². The lowest BCUT2D eigenvalue weighted by atomic mass is 9.89. The van der Waals surface area contributed by atoms with Crippen molar-refractivity contribution in [1.29, 1.82) is 0 Å². The van der Waals surface area contributed by atoms with Crippen LogP contribution < -0.4 is 0 Å². The van der Waals surface area contributed by atoms with Crippen LogP contribution in [0.3, 0.4) is 0 Å². The van der Waals surface area contributed by atoms with E-state index < -0.39 is 30.3 Å². The summed E-state index contributed by atoms with van der Waals surface area (Å²) in [4.78, 5) is 10.5. The molecule has 0 spiro atoms. The Balaban J connectivity index is 0.00000320. The molecule has 0 bridgehead atoms. The van der Waals surface area contributed by atoms with Crippen LogP contribution in [0.1, 0.15) is 50.7 Å². The second-order valence-electron chi connectivity index (χ2n) is 8.37. The van der Waals surface area contributed by atoms with Gasteiger partial charge in [-0.3, -0.25) is 4.79 Å². The van der Waals surface area contributed by atoms with Gasteiger partial charge in [-0.05, 0) is 55.1 Å². The average Bonchev–Trinajstić information content (AvgIpc) is 3.23. The Morgan fingerprint density at radius 2 is 1.87 bits per heavy atom. The highest BCUT2D eigenvalue weighted by atomic mass is 19.1. The highest BCUT2D eigenvalue weighted by Gasteiger charge is 2.40. The van der Waals surface area contributed by atoms with Gasteiger partial charge >= 0.3 is 5.97 Å². The van der Waals surface area contributed by atoms with Gasteiger partial charge in [0.25, 0.3) is 0 Å². The molecule has 30 heavy (non-hydrogen) atoms. The molecule has 0 aromatic heterocycles. The van der Waals surface area contributed by atoms with Gasteiger partial charge in [0.15, 0.2) is 0 Å². The van der Waals surface area contributed by atoms with Crippen LogP contribution in [-0.4, -0.2) is 39.7 Å². The zero-order chi connectivity index (χ0) is 20.8. The molecule has 1 saturated carbocycles. The van der Waals surface area contributed by atoms with E-state index in [9.17, 15) is 19.4 Å². The molecule has 5 atom stereocenters. The molecule has 1 aromatic rings. The van der Waals surface area contributed by atoms with Crippen LogP contribution in [0, 0.1) is 17.8 Å². The van der Waals surface area contributed by atoms with Crippen LogP contribution in [0.2, 0.25) is 0 Å². The molecule has 0 radical (unpaired) electrons. The first-order valence-electron chi connectivity index (χ1n) is 10.6. The summed E-state index contributed by atoms with van der Waals surface area (Å²) < 4.78 is 14.5. The second-order valence-corrected chi connectivity index (χ2v) is 8.37. The molecule has 3 N–H and O–H groups in total. The van der Waals surface area contributed by atoms with Crippen LogP contribution in [0.5, 0.6) is 0 Å². The Morgan fingerprint density at radius 1 is 1.20 bits per heavy atom. The van der Waals surface area contributed by atoms with Gasteiger partial charge in [0.05, 0.1) is 12.2 Å². The standard InChI is InChI=1S/C24H31FO4.CH4/c25-21-15-23(27)20(9-3-1-2-4-10-24(28)29)19(21)11-12-22(26)18-13-16-7-5-6-8-17(16)14-18;/h1,3,5-8,11-12,18-23,26-27H,2,4,9-10,13-15H2,(H,28,29);1H4/b3-1-,12-11+;/t19-,20-,21+,22+,23+;/m1./s1. The molecule has 0 saturated heterocycles. The van der Waals surface area contributed by atoms with Crippen LogP contribution in [0.25, 0.3) is 0 Å². The van der Waals surface area contributed by atoms with Gasteiger partial charge in [-0.15, -0.1) is 0 Å². The summed E-state index contributed by atoms with van der Waals surface area (Å²) in [5.74, 6) is -1.32. The van der Waals surface area contributed by atoms with Crippen molar-refractivity contribution in [1.82, 2.24) is 0 Å². The largest absolute Gasteiger partial charge is 0.481 e. The number of rotatable bonds is 9. The summed E-state index contributed by atoms with van der Waals surface area (Å²) >= 11 is 0. The lowest BCUT2D eigenvalue weighted by molar-refractivity contribution is -0.137. The first-order chi connectivity index (χ1) is 14.0. The fourth-order valence-corrected chi connectivity index (χ4v) is 4.64. The van der Waals surface area contributed by atoms with Gasteiger partial charge in [-0.25, -0.2) is 4.39 Å². The molecule has 0 heterocycles. The molecule has 2 aliphatic carbocycles. The number of alkyl halides is 1. The van der Waals surface area contributed by atoms with Crippen molar-refractivity contribution < 1.29 is 24.5 Å². The highest BCUT2D eigenvalue weighted by Crippen LogP contribution is 2.38. The number of fused-ring (bicyclic) bond motifs is 1. The number of aliphatic carboxylic acids is 1. The number of aliphatic hydroxyl groups is 2. The SMILES string of the molecule is C.O=C(O)CCC/C=C\C[C@@H]1[C@@H](/C=C/[C@H](O)C2Cc3ccccc3C2)[C@@H](F)C[C@@H]1O.